The number of rotatable bonds is 4. The molecular weight excluding hydrogens is 403 g/mol. The number of hydrogen-bond donors (Lipinski definition) is 1. The van der Waals surface area contributed by atoms with Gasteiger partial charge in [0.25, 0.3) is 0 Å². The molecule has 1 aliphatic heterocycles. The highest BCUT2D eigenvalue weighted by molar-refractivity contribution is 7.89. The second kappa shape index (κ2) is 8.01. The molecule has 0 spiro atoms. The highest BCUT2D eigenvalue weighted by Gasteiger charge is 2.39. The van der Waals surface area contributed by atoms with Crippen molar-refractivity contribution in [2.45, 2.75) is 30.8 Å². The number of hydrogen-bond acceptors (Lipinski definition) is 3. The Bertz CT molecular complexity index is 1190. The molecule has 4 rings (SSSR count). The van der Waals surface area contributed by atoms with Crippen LogP contribution in [0.5, 0.6) is 0 Å². The summed E-state index contributed by atoms with van der Waals surface area (Å²) in [4.78, 5) is 13.2. The van der Waals surface area contributed by atoms with Gasteiger partial charge in [0.05, 0.1) is 4.90 Å². The van der Waals surface area contributed by atoms with Crippen molar-refractivity contribution in [2.24, 2.45) is 0 Å². The molecule has 0 fully saturated rings. The van der Waals surface area contributed by atoms with Gasteiger partial charge in [-0.3, -0.25) is 4.79 Å². The predicted octanol–water partition coefficient (Wildman–Crippen LogP) is 3.89. The van der Waals surface area contributed by atoms with Crippen LogP contribution in [0.15, 0.2) is 77.7 Å². The van der Waals surface area contributed by atoms with E-state index in [1.807, 2.05) is 49.4 Å². The molecule has 0 aromatic heterocycles. The zero-order valence-corrected chi connectivity index (χ0v) is 17.2. The van der Waals surface area contributed by atoms with Crippen molar-refractivity contribution in [3.8, 4) is 0 Å². The molecular formula is C23H21FN2O3S. The summed E-state index contributed by atoms with van der Waals surface area (Å²) < 4.78 is 41.3. The van der Waals surface area contributed by atoms with Gasteiger partial charge in [0.15, 0.2) is 0 Å². The molecule has 5 nitrogen and oxygen atoms in total. The van der Waals surface area contributed by atoms with Gasteiger partial charge in [0.2, 0.25) is 15.9 Å². The maximum absolute atomic E-state index is 13.4. The van der Waals surface area contributed by atoms with E-state index in [-0.39, 0.29) is 17.9 Å². The number of carbonyl (C=O) groups excluding carboxylic acids is 1. The van der Waals surface area contributed by atoms with Crippen molar-refractivity contribution in [3.05, 3.63) is 95.3 Å². The van der Waals surface area contributed by atoms with E-state index >= 15 is 0 Å². The maximum Gasteiger partial charge on any atom is 0.244 e. The molecule has 0 radical (unpaired) electrons. The van der Waals surface area contributed by atoms with E-state index in [0.29, 0.717) is 5.69 Å². The summed E-state index contributed by atoms with van der Waals surface area (Å²) in [6.07, 6.45) is 0.258. The molecule has 30 heavy (non-hydrogen) atoms. The van der Waals surface area contributed by atoms with Gasteiger partial charge in [-0.05, 0) is 60.4 Å². The van der Waals surface area contributed by atoms with Crippen LogP contribution < -0.4 is 5.32 Å². The van der Waals surface area contributed by atoms with Crippen molar-refractivity contribution in [3.63, 3.8) is 0 Å². The second-order valence-corrected chi connectivity index (χ2v) is 9.19. The monoisotopic (exact) mass is 424 g/mol. The number of halogens is 1. The molecule has 1 aliphatic rings. The van der Waals surface area contributed by atoms with Gasteiger partial charge in [0.1, 0.15) is 11.9 Å². The molecule has 7 heteroatoms. The Labute approximate surface area is 175 Å². The first kappa shape index (κ1) is 20.3. The lowest BCUT2D eigenvalue weighted by molar-refractivity contribution is -0.120. The number of para-hydroxylation sites is 1. The van der Waals surface area contributed by atoms with Crippen molar-refractivity contribution >= 4 is 21.6 Å². The molecule has 0 aliphatic carbocycles. The van der Waals surface area contributed by atoms with Crippen LogP contribution >= 0.6 is 0 Å². The summed E-state index contributed by atoms with van der Waals surface area (Å²) in [5.41, 5.74) is 3.31. The van der Waals surface area contributed by atoms with E-state index in [9.17, 15) is 17.6 Å². The van der Waals surface area contributed by atoms with Gasteiger partial charge in [-0.1, -0.05) is 42.5 Å². The van der Waals surface area contributed by atoms with Gasteiger partial charge in [-0.2, -0.15) is 4.31 Å². The Kier molecular flexibility index (Phi) is 5.40. The van der Waals surface area contributed by atoms with E-state index in [1.165, 1.54) is 16.4 Å². The van der Waals surface area contributed by atoms with Crippen LogP contribution in [-0.4, -0.2) is 24.7 Å². The summed E-state index contributed by atoms with van der Waals surface area (Å²) in [6.45, 7) is 1.94. The highest BCUT2D eigenvalue weighted by Crippen LogP contribution is 2.30. The molecule has 0 saturated carbocycles. The van der Waals surface area contributed by atoms with Crippen LogP contribution in [0.25, 0.3) is 0 Å². The minimum atomic E-state index is -4.01. The van der Waals surface area contributed by atoms with Gasteiger partial charge in [0, 0.05) is 12.2 Å². The van der Waals surface area contributed by atoms with Crippen LogP contribution in [0, 0.1) is 12.7 Å². The average molecular weight is 424 g/mol. The van der Waals surface area contributed by atoms with Gasteiger partial charge in [-0.25, -0.2) is 12.8 Å². The summed E-state index contributed by atoms with van der Waals surface area (Å²) in [6, 6.07) is 18.6. The molecule has 3 aromatic rings. The van der Waals surface area contributed by atoms with Crippen molar-refractivity contribution in [1.82, 2.24) is 4.31 Å². The fourth-order valence-electron chi connectivity index (χ4n) is 3.65. The van der Waals surface area contributed by atoms with Crippen LogP contribution in [0.1, 0.15) is 16.7 Å². The lowest BCUT2D eigenvalue weighted by Gasteiger charge is -2.35. The van der Waals surface area contributed by atoms with Crippen LogP contribution in [0.2, 0.25) is 0 Å². The second-order valence-electron chi connectivity index (χ2n) is 7.30. The zero-order valence-electron chi connectivity index (χ0n) is 16.4. The number of amides is 1. The number of anilines is 1. The Morgan fingerprint density at radius 1 is 0.967 bits per heavy atom. The van der Waals surface area contributed by atoms with E-state index in [0.717, 1.165) is 28.8 Å². The number of nitrogens with zero attached hydrogens (tertiary/aromatic N) is 1. The maximum atomic E-state index is 13.4. The third-order valence-electron chi connectivity index (χ3n) is 5.33. The number of benzene rings is 3. The SMILES string of the molecule is Cc1ccccc1NC(=O)[C@@H]1Cc2ccccc2CN1S(=O)(=O)c1ccc(F)cc1. The standard InChI is InChI=1S/C23H21FN2O3S/c1-16-6-2-5-9-21(16)25-23(27)22-14-17-7-3-4-8-18(17)15-26(22)30(28,29)20-12-10-19(24)11-13-20/h2-13,22H,14-15H2,1H3,(H,25,27)/t22-/m0/s1. The third kappa shape index (κ3) is 3.86. The smallest absolute Gasteiger partial charge is 0.244 e. The molecule has 1 atom stereocenters. The minimum absolute atomic E-state index is 0.0445. The first-order chi connectivity index (χ1) is 14.4. The topological polar surface area (TPSA) is 66.5 Å². The summed E-state index contributed by atoms with van der Waals surface area (Å²) in [7, 11) is -4.01. The quantitative estimate of drug-likeness (QED) is 0.691. The summed E-state index contributed by atoms with van der Waals surface area (Å²) in [5.74, 6) is -0.920. The summed E-state index contributed by atoms with van der Waals surface area (Å²) in [5, 5.41) is 2.87. The largest absolute Gasteiger partial charge is 0.324 e. The molecule has 1 N–H and O–H groups in total. The normalized spacial score (nSPS) is 16.7. The van der Waals surface area contributed by atoms with E-state index < -0.39 is 27.8 Å². The number of carbonyl (C=O) groups is 1. The molecule has 1 amide bonds. The Morgan fingerprint density at radius 2 is 1.60 bits per heavy atom. The summed E-state index contributed by atoms with van der Waals surface area (Å²) >= 11 is 0. The number of aryl methyl sites for hydroxylation is 1. The molecule has 0 bridgehead atoms. The third-order valence-corrected chi connectivity index (χ3v) is 7.20. The first-order valence-electron chi connectivity index (χ1n) is 9.57. The van der Waals surface area contributed by atoms with Gasteiger partial charge in [-0.15, -0.1) is 0 Å². The van der Waals surface area contributed by atoms with Crippen LogP contribution in [-0.2, 0) is 27.8 Å². The number of fused-ring (bicyclic) bond motifs is 1. The lowest BCUT2D eigenvalue weighted by atomic mass is 9.95. The Balaban J connectivity index is 1.73. The minimum Gasteiger partial charge on any atom is -0.324 e. The first-order valence-corrected chi connectivity index (χ1v) is 11.0. The molecule has 0 unspecified atom stereocenters. The number of nitrogens with one attached hydrogen (secondary N) is 1. The predicted molar refractivity (Wildman–Crippen MR) is 113 cm³/mol. The Morgan fingerprint density at radius 3 is 2.30 bits per heavy atom. The van der Waals surface area contributed by atoms with Crippen molar-refractivity contribution in [1.29, 1.82) is 0 Å². The zero-order chi connectivity index (χ0) is 21.3. The van der Waals surface area contributed by atoms with Gasteiger partial charge >= 0.3 is 0 Å². The van der Waals surface area contributed by atoms with Crippen molar-refractivity contribution < 1.29 is 17.6 Å². The van der Waals surface area contributed by atoms with Crippen molar-refractivity contribution in [2.75, 3.05) is 5.32 Å². The Hall–Kier alpha value is -3.03. The molecule has 1 heterocycles. The van der Waals surface area contributed by atoms with Gasteiger partial charge < -0.3 is 5.32 Å². The average Bonchev–Trinajstić information content (AvgIpc) is 2.74. The molecule has 154 valence electrons. The fraction of sp³-hybridized carbons (Fsp3) is 0.174. The number of sulfonamides is 1. The van der Waals surface area contributed by atoms with E-state index in [2.05, 4.69) is 5.32 Å². The molecule has 0 saturated heterocycles. The lowest BCUT2D eigenvalue weighted by Crippen LogP contribution is -2.50. The highest BCUT2D eigenvalue weighted by atomic mass is 32.2. The van der Waals surface area contributed by atoms with E-state index in [4.69, 9.17) is 0 Å². The fourth-order valence-corrected chi connectivity index (χ4v) is 5.21. The van der Waals surface area contributed by atoms with E-state index in [1.54, 1.807) is 6.07 Å². The molecule has 3 aromatic carbocycles. The van der Waals surface area contributed by atoms with Crippen LogP contribution in [0.3, 0.4) is 0 Å². The van der Waals surface area contributed by atoms with Crippen LogP contribution in [0.4, 0.5) is 10.1 Å².